The van der Waals surface area contributed by atoms with E-state index >= 15 is 0 Å². The van der Waals surface area contributed by atoms with Gasteiger partial charge in [-0.3, -0.25) is 9.48 Å². The van der Waals surface area contributed by atoms with Crippen LogP contribution in [0.15, 0.2) is 46.9 Å². The molecule has 0 bridgehead atoms. The molecule has 0 amide bonds. The second-order valence-corrected chi connectivity index (χ2v) is 6.25. The fraction of sp³-hybridized carbons (Fsp3) is 0.238. The van der Waals surface area contributed by atoms with Crippen molar-refractivity contribution in [3.05, 3.63) is 82.1 Å². The molecule has 0 saturated heterocycles. The average Bonchev–Trinajstić information content (AvgIpc) is 3.05. The van der Waals surface area contributed by atoms with E-state index in [1.54, 1.807) is 12.1 Å². The number of aromatic nitrogens is 2. The van der Waals surface area contributed by atoms with Gasteiger partial charge in [-0.2, -0.15) is 5.10 Å². The summed E-state index contributed by atoms with van der Waals surface area (Å²) in [6.07, 6.45) is 3.45. The van der Waals surface area contributed by atoms with Gasteiger partial charge in [-0.25, -0.2) is 0 Å². The Hall–Kier alpha value is -2.88. The molecular formula is C21H22N2O2. The third-order valence-corrected chi connectivity index (χ3v) is 4.32. The molecule has 0 radical (unpaired) electrons. The number of rotatable bonds is 5. The van der Waals surface area contributed by atoms with Crippen molar-refractivity contribution in [1.82, 2.24) is 9.78 Å². The largest absolute Gasteiger partial charge is 0.466 e. The number of furan rings is 1. The van der Waals surface area contributed by atoms with Gasteiger partial charge in [-0.1, -0.05) is 30.3 Å². The fourth-order valence-corrected chi connectivity index (χ4v) is 2.99. The van der Waals surface area contributed by atoms with Crippen molar-refractivity contribution < 1.29 is 9.21 Å². The highest BCUT2D eigenvalue weighted by Crippen LogP contribution is 2.19. The van der Waals surface area contributed by atoms with Crippen LogP contribution in [-0.4, -0.2) is 15.6 Å². The maximum absolute atomic E-state index is 12.4. The molecule has 1 aromatic carbocycles. The Balaban J connectivity index is 1.83. The van der Waals surface area contributed by atoms with Crippen molar-refractivity contribution in [2.45, 2.75) is 34.2 Å². The van der Waals surface area contributed by atoms with Gasteiger partial charge in [-0.05, 0) is 51.5 Å². The number of aryl methyl sites for hydroxylation is 3. The summed E-state index contributed by atoms with van der Waals surface area (Å²) >= 11 is 0. The maximum atomic E-state index is 12.4. The molecule has 0 aliphatic heterocycles. The lowest BCUT2D eigenvalue weighted by Crippen LogP contribution is -2.03. The highest BCUT2D eigenvalue weighted by atomic mass is 16.3. The van der Waals surface area contributed by atoms with Crippen molar-refractivity contribution in [2.24, 2.45) is 0 Å². The van der Waals surface area contributed by atoms with Gasteiger partial charge in [0.15, 0.2) is 5.78 Å². The van der Waals surface area contributed by atoms with E-state index in [1.807, 2.05) is 56.7 Å². The summed E-state index contributed by atoms with van der Waals surface area (Å²) in [6.45, 7) is 8.36. The van der Waals surface area contributed by atoms with E-state index in [1.165, 1.54) is 5.56 Å². The predicted molar refractivity (Wildman–Crippen MR) is 98.8 cm³/mol. The summed E-state index contributed by atoms with van der Waals surface area (Å²) in [5.41, 5.74) is 4.76. The highest BCUT2D eigenvalue weighted by molar-refractivity contribution is 6.07. The first kappa shape index (κ1) is 17.0. The minimum Gasteiger partial charge on any atom is -0.466 e. The fourth-order valence-electron chi connectivity index (χ4n) is 2.99. The standard InChI is InChI=1S/C21H22N2O2/c1-14-12-20(17(4)25-14)21(24)11-10-19-15(2)22-23(16(19)3)13-18-8-6-5-7-9-18/h5-12H,13H2,1-4H3/b11-10+. The summed E-state index contributed by atoms with van der Waals surface area (Å²) < 4.78 is 7.41. The molecule has 25 heavy (non-hydrogen) atoms. The Morgan fingerprint density at radius 3 is 2.52 bits per heavy atom. The van der Waals surface area contributed by atoms with E-state index < -0.39 is 0 Å². The van der Waals surface area contributed by atoms with Crippen molar-refractivity contribution in [1.29, 1.82) is 0 Å². The third-order valence-electron chi connectivity index (χ3n) is 4.32. The normalized spacial score (nSPS) is 11.4. The van der Waals surface area contributed by atoms with Crippen molar-refractivity contribution in [2.75, 3.05) is 0 Å². The summed E-state index contributed by atoms with van der Waals surface area (Å²) in [5, 5.41) is 4.61. The molecule has 0 fully saturated rings. The Morgan fingerprint density at radius 1 is 1.16 bits per heavy atom. The maximum Gasteiger partial charge on any atom is 0.189 e. The molecule has 3 rings (SSSR count). The molecule has 2 heterocycles. The Morgan fingerprint density at radius 2 is 1.88 bits per heavy atom. The number of allylic oxidation sites excluding steroid dienone is 1. The van der Waals surface area contributed by atoms with Gasteiger partial charge < -0.3 is 4.42 Å². The van der Waals surface area contributed by atoms with Gasteiger partial charge in [0.1, 0.15) is 11.5 Å². The molecule has 0 N–H and O–H groups in total. The second kappa shape index (κ2) is 6.93. The summed E-state index contributed by atoms with van der Waals surface area (Å²) in [7, 11) is 0. The molecule has 4 nitrogen and oxygen atoms in total. The molecule has 0 aliphatic carbocycles. The van der Waals surface area contributed by atoms with Crippen LogP contribution in [0.4, 0.5) is 0 Å². The zero-order valence-corrected chi connectivity index (χ0v) is 15.0. The summed E-state index contributed by atoms with van der Waals surface area (Å²) in [4.78, 5) is 12.4. The SMILES string of the molecule is Cc1cc(C(=O)/C=C/c2c(C)nn(Cc3ccccc3)c2C)c(C)o1. The van der Waals surface area contributed by atoms with Crippen molar-refractivity contribution >= 4 is 11.9 Å². The minimum absolute atomic E-state index is 0.0519. The van der Waals surface area contributed by atoms with Gasteiger partial charge >= 0.3 is 0 Å². The number of hydrogen-bond donors (Lipinski definition) is 0. The Labute approximate surface area is 147 Å². The second-order valence-electron chi connectivity index (χ2n) is 6.25. The first-order valence-corrected chi connectivity index (χ1v) is 8.33. The number of benzene rings is 1. The Bertz CT molecular complexity index is 930. The number of hydrogen-bond acceptors (Lipinski definition) is 3. The smallest absolute Gasteiger partial charge is 0.189 e. The molecule has 128 valence electrons. The molecule has 4 heteroatoms. The summed E-state index contributed by atoms with van der Waals surface area (Å²) in [5.74, 6) is 1.35. The molecule has 0 aliphatic rings. The molecule has 3 aromatic rings. The van der Waals surface area contributed by atoms with Crippen LogP contribution in [0.5, 0.6) is 0 Å². The predicted octanol–water partition coefficient (Wildman–Crippen LogP) is 4.65. The van der Waals surface area contributed by atoms with Crippen molar-refractivity contribution in [3.63, 3.8) is 0 Å². The van der Waals surface area contributed by atoms with Gasteiger partial charge in [0, 0.05) is 11.3 Å². The van der Waals surface area contributed by atoms with Crippen LogP contribution in [0.2, 0.25) is 0 Å². The van der Waals surface area contributed by atoms with Crippen LogP contribution in [0.1, 0.15) is 44.4 Å². The number of carbonyl (C=O) groups is 1. The number of ketones is 1. The van der Waals surface area contributed by atoms with E-state index in [9.17, 15) is 4.79 Å². The first-order valence-electron chi connectivity index (χ1n) is 8.33. The van der Waals surface area contributed by atoms with Crippen LogP contribution >= 0.6 is 0 Å². The minimum atomic E-state index is -0.0519. The Kier molecular flexibility index (Phi) is 4.70. The lowest BCUT2D eigenvalue weighted by Gasteiger charge is -2.04. The molecule has 0 unspecified atom stereocenters. The summed E-state index contributed by atoms with van der Waals surface area (Å²) in [6, 6.07) is 12.0. The van der Waals surface area contributed by atoms with Crippen LogP contribution in [-0.2, 0) is 6.54 Å². The zero-order valence-electron chi connectivity index (χ0n) is 15.0. The molecule has 0 saturated carbocycles. The first-order chi connectivity index (χ1) is 12.0. The van der Waals surface area contributed by atoms with Crippen LogP contribution in [0.3, 0.4) is 0 Å². The van der Waals surface area contributed by atoms with E-state index in [0.29, 0.717) is 11.3 Å². The highest BCUT2D eigenvalue weighted by Gasteiger charge is 2.13. The molecule has 2 aromatic heterocycles. The lowest BCUT2D eigenvalue weighted by atomic mass is 10.1. The van der Waals surface area contributed by atoms with Crippen LogP contribution in [0.25, 0.3) is 6.08 Å². The lowest BCUT2D eigenvalue weighted by molar-refractivity contribution is 0.104. The molecular weight excluding hydrogens is 312 g/mol. The quantitative estimate of drug-likeness (QED) is 0.504. The van der Waals surface area contributed by atoms with E-state index in [4.69, 9.17) is 4.42 Å². The van der Waals surface area contributed by atoms with Gasteiger partial charge in [0.2, 0.25) is 0 Å². The molecule has 0 atom stereocenters. The van der Waals surface area contributed by atoms with Gasteiger partial charge in [0.25, 0.3) is 0 Å². The molecule has 0 spiro atoms. The van der Waals surface area contributed by atoms with Gasteiger partial charge in [-0.15, -0.1) is 0 Å². The monoisotopic (exact) mass is 334 g/mol. The number of carbonyl (C=O) groups excluding carboxylic acids is 1. The third kappa shape index (κ3) is 3.63. The van der Waals surface area contributed by atoms with Gasteiger partial charge in [0.05, 0.1) is 17.8 Å². The van der Waals surface area contributed by atoms with Crippen LogP contribution < -0.4 is 0 Å². The number of nitrogens with zero attached hydrogens (tertiary/aromatic N) is 2. The zero-order chi connectivity index (χ0) is 18.0. The average molecular weight is 334 g/mol. The van der Waals surface area contributed by atoms with Crippen molar-refractivity contribution in [3.8, 4) is 0 Å². The topological polar surface area (TPSA) is 48.0 Å². The van der Waals surface area contributed by atoms with Crippen LogP contribution in [0, 0.1) is 27.7 Å². The van der Waals surface area contributed by atoms with E-state index in [2.05, 4.69) is 17.2 Å². The van der Waals surface area contributed by atoms with E-state index in [-0.39, 0.29) is 5.78 Å². The van der Waals surface area contributed by atoms with E-state index in [0.717, 1.165) is 29.3 Å².